The highest BCUT2D eigenvalue weighted by atomic mass is 19.1. The fourth-order valence-electron chi connectivity index (χ4n) is 3.51. The largest absolute Gasteiger partial charge is 0.489 e. The van der Waals surface area contributed by atoms with Gasteiger partial charge in [0.25, 0.3) is 0 Å². The second-order valence-electron chi connectivity index (χ2n) is 7.37. The molecular formula is C22H22FN3O4. The lowest BCUT2D eigenvalue weighted by molar-refractivity contribution is -0.137. The van der Waals surface area contributed by atoms with Crippen LogP contribution >= 0.6 is 0 Å². The zero-order valence-electron chi connectivity index (χ0n) is 16.5. The summed E-state index contributed by atoms with van der Waals surface area (Å²) in [5.74, 6) is 0.102. The highest BCUT2D eigenvalue weighted by Crippen LogP contribution is 2.45. The molecule has 1 aromatic carbocycles. The van der Waals surface area contributed by atoms with Gasteiger partial charge in [-0.1, -0.05) is 12.1 Å². The second-order valence-corrected chi connectivity index (χ2v) is 7.37. The van der Waals surface area contributed by atoms with Crippen molar-refractivity contribution in [1.29, 1.82) is 0 Å². The van der Waals surface area contributed by atoms with Crippen LogP contribution in [0.15, 0.2) is 48.9 Å². The molecule has 0 amide bonds. The van der Waals surface area contributed by atoms with Crippen molar-refractivity contribution in [2.75, 3.05) is 7.11 Å². The molecule has 0 spiro atoms. The quantitative estimate of drug-likeness (QED) is 0.574. The molecule has 0 saturated heterocycles. The first-order chi connectivity index (χ1) is 14.5. The van der Waals surface area contributed by atoms with E-state index in [2.05, 4.69) is 10.1 Å². The lowest BCUT2D eigenvalue weighted by Gasteiger charge is -2.15. The van der Waals surface area contributed by atoms with Gasteiger partial charge < -0.3 is 14.6 Å². The number of pyridine rings is 1. The van der Waals surface area contributed by atoms with Crippen LogP contribution in [0.5, 0.6) is 11.6 Å². The Morgan fingerprint density at radius 2 is 2.17 bits per heavy atom. The number of carboxylic acids is 1. The zero-order valence-corrected chi connectivity index (χ0v) is 16.5. The second kappa shape index (κ2) is 8.52. The maximum absolute atomic E-state index is 14.1. The van der Waals surface area contributed by atoms with Gasteiger partial charge in [-0.15, -0.1) is 0 Å². The Labute approximate surface area is 173 Å². The fraction of sp³-hybridized carbons (Fsp3) is 0.318. The van der Waals surface area contributed by atoms with Crippen molar-refractivity contribution in [3.63, 3.8) is 0 Å². The molecule has 2 heterocycles. The Balaban J connectivity index is 1.45. The summed E-state index contributed by atoms with van der Waals surface area (Å²) in [7, 11) is 1.46. The van der Waals surface area contributed by atoms with Crippen LogP contribution in [0.4, 0.5) is 4.39 Å². The third-order valence-corrected chi connectivity index (χ3v) is 5.18. The van der Waals surface area contributed by atoms with Crippen molar-refractivity contribution in [1.82, 2.24) is 14.8 Å². The molecule has 3 aromatic rings. The third-order valence-electron chi connectivity index (χ3n) is 5.18. The van der Waals surface area contributed by atoms with Crippen LogP contribution in [0.1, 0.15) is 36.3 Å². The van der Waals surface area contributed by atoms with Gasteiger partial charge in [-0.2, -0.15) is 5.10 Å². The number of ether oxygens (including phenoxy) is 2. The van der Waals surface area contributed by atoms with E-state index in [4.69, 9.17) is 9.47 Å². The third kappa shape index (κ3) is 4.59. The Kier molecular flexibility index (Phi) is 5.65. The topological polar surface area (TPSA) is 86.5 Å². The van der Waals surface area contributed by atoms with Gasteiger partial charge in [0.1, 0.15) is 18.0 Å². The van der Waals surface area contributed by atoms with Gasteiger partial charge >= 0.3 is 5.97 Å². The summed E-state index contributed by atoms with van der Waals surface area (Å²) >= 11 is 0. The van der Waals surface area contributed by atoms with Gasteiger partial charge in [-0.3, -0.25) is 4.79 Å². The highest BCUT2D eigenvalue weighted by molar-refractivity contribution is 5.68. The smallest absolute Gasteiger partial charge is 0.303 e. The summed E-state index contributed by atoms with van der Waals surface area (Å²) < 4.78 is 26.4. The summed E-state index contributed by atoms with van der Waals surface area (Å²) in [5.41, 5.74) is 1.98. The lowest BCUT2D eigenvalue weighted by atomic mass is 9.91. The predicted octanol–water partition coefficient (Wildman–Crippen LogP) is 3.96. The summed E-state index contributed by atoms with van der Waals surface area (Å²) in [5, 5.41) is 13.4. The number of carboxylic acid groups (broad SMARTS) is 1. The van der Waals surface area contributed by atoms with E-state index in [1.165, 1.54) is 17.9 Å². The van der Waals surface area contributed by atoms with Crippen molar-refractivity contribution in [2.24, 2.45) is 5.92 Å². The zero-order chi connectivity index (χ0) is 21.1. The average molecular weight is 411 g/mol. The fourth-order valence-corrected chi connectivity index (χ4v) is 3.51. The Morgan fingerprint density at radius 3 is 2.90 bits per heavy atom. The minimum absolute atomic E-state index is 0.0124. The molecule has 2 aromatic heterocycles. The first-order valence-electron chi connectivity index (χ1n) is 9.71. The number of carbonyl (C=O) groups is 1. The molecule has 1 fully saturated rings. The molecule has 30 heavy (non-hydrogen) atoms. The van der Waals surface area contributed by atoms with Crippen molar-refractivity contribution in [2.45, 2.75) is 31.8 Å². The molecule has 1 aliphatic carbocycles. The molecule has 0 aliphatic heterocycles. The van der Waals surface area contributed by atoms with E-state index >= 15 is 0 Å². The molecule has 1 aliphatic rings. The van der Waals surface area contributed by atoms with Crippen molar-refractivity contribution in [3.05, 3.63) is 65.9 Å². The molecule has 0 bridgehead atoms. The lowest BCUT2D eigenvalue weighted by Crippen LogP contribution is -2.08. The van der Waals surface area contributed by atoms with E-state index in [1.807, 2.05) is 24.3 Å². The van der Waals surface area contributed by atoms with Gasteiger partial charge in [0.2, 0.25) is 5.88 Å². The van der Waals surface area contributed by atoms with E-state index < -0.39 is 11.8 Å². The van der Waals surface area contributed by atoms with Crippen LogP contribution in [0.25, 0.3) is 5.69 Å². The average Bonchev–Trinajstić information content (AvgIpc) is 3.48. The van der Waals surface area contributed by atoms with Crippen LogP contribution in [0.2, 0.25) is 0 Å². The Morgan fingerprint density at radius 1 is 1.33 bits per heavy atom. The van der Waals surface area contributed by atoms with Crippen LogP contribution < -0.4 is 9.47 Å². The maximum Gasteiger partial charge on any atom is 0.303 e. The van der Waals surface area contributed by atoms with Crippen molar-refractivity contribution >= 4 is 5.97 Å². The number of hydrogen-bond acceptors (Lipinski definition) is 5. The highest BCUT2D eigenvalue weighted by Gasteiger charge is 2.33. The van der Waals surface area contributed by atoms with Gasteiger partial charge in [-0.25, -0.2) is 14.1 Å². The summed E-state index contributed by atoms with van der Waals surface area (Å²) in [4.78, 5) is 15.0. The predicted molar refractivity (Wildman–Crippen MR) is 106 cm³/mol. The van der Waals surface area contributed by atoms with Gasteiger partial charge in [0.15, 0.2) is 5.82 Å². The number of methoxy groups -OCH3 is 1. The van der Waals surface area contributed by atoms with Crippen LogP contribution in [-0.4, -0.2) is 33.0 Å². The van der Waals surface area contributed by atoms with E-state index in [9.17, 15) is 14.3 Å². The normalized spacial score (nSPS) is 14.3. The molecule has 156 valence electrons. The van der Waals surface area contributed by atoms with Crippen molar-refractivity contribution < 1.29 is 23.8 Å². The number of hydrogen-bond donors (Lipinski definition) is 1. The molecular weight excluding hydrogens is 389 g/mol. The molecule has 1 N–H and O–H groups in total. The standard InChI is InChI=1S/C22H22FN3O4/c1-29-21-9-20(19(23)11-24-21)26-12-14(10-25-26)13-30-17-4-2-3-16(7-17)18(8-22(27)28)15-5-6-15/h2-4,7,9-12,15,18H,5-6,8,13H2,1H3,(H,27,28). The number of halogens is 1. The van der Waals surface area contributed by atoms with E-state index in [0.717, 1.165) is 30.2 Å². The molecule has 7 nitrogen and oxygen atoms in total. The molecule has 1 unspecified atom stereocenters. The van der Waals surface area contributed by atoms with Crippen LogP contribution in [0, 0.1) is 11.7 Å². The molecule has 8 heteroatoms. The Bertz CT molecular complexity index is 1050. The first-order valence-corrected chi connectivity index (χ1v) is 9.71. The van der Waals surface area contributed by atoms with Gasteiger partial charge in [-0.05, 0) is 42.4 Å². The van der Waals surface area contributed by atoms with Gasteiger partial charge in [0, 0.05) is 17.8 Å². The van der Waals surface area contributed by atoms with Gasteiger partial charge in [0.05, 0.1) is 25.9 Å². The first kappa shape index (κ1) is 19.9. The monoisotopic (exact) mass is 411 g/mol. The minimum Gasteiger partial charge on any atom is -0.489 e. The summed E-state index contributed by atoms with van der Waals surface area (Å²) in [6.45, 7) is 0.250. The van der Waals surface area contributed by atoms with E-state index in [0.29, 0.717) is 17.5 Å². The number of aliphatic carboxylic acids is 1. The van der Waals surface area contributed by atoms with E-state index in [-0.39, 0.29) is 24.6 Å². The number of benzene rings is 1. The molecule has 0 radical (unpaired) electrons. The SMILES string of the molecule is COc1cc(-n2cc(COc3cccc(C(CC(=O)O)C4CC4)c3)cn2)c(F)cn1. The van der Waals surface area contributed by atoms with Crippen molar-refractivity contribution in [3.8, 4) is 17.3 Å². The number of rotatable bonds is 9. The maximum atomic E-state index is 14.1. The molecule has 1 saturated carbocycles. The molecule has 1 atom stereocenters. The van der Waals surface area contributed by atoms with E-state index in [1.54, 1.807) is 12.4 Å². The number of aromatic nitrogens is 3. The number of nitrogens with zero attached hydrogens (tertiary/aromatic N) is 3. The van der Waals surface area contributed by atoms with Crippen LogP contribution in [-0.2, 0) is 11.4 Å². The summed E-state index contributed by atoms with van der Waals surface area (Å²) in [6, 6.07) is 9.05. The van der Waals surface area contributed by atoms with Crippen LogP contribution in [0.3, 0.4) is 0 Å². The minimum atomic E-state index is -0.786. The Hall–Kier alpha value is -3.42. The molecule has 4 rings (SSSR count). The summed E-state index contributed by atoms with van der Waals surface area (Å²) in [6.07, 6.45) is 6.64.